The quantitative estimate of drug-likeness (QED) is 0.874. The van der Waals surface area contributed by atoms with Crippen molar-refractivity contribution >= 4 is 17.4 Å². The van der Waals surface area contributed by atoms with Crippen molar-refractivity contribution < 1.29 is 9.32 Å². The molecule has 0 unspecified atom stereocenters. The summed E-state index contributed by atoms with van der Waals surface area (Å²) in [5.74, 6) is 0.571. The minimum atomic E-state index is -0.346. The third kappa shape index (κ3) is 3.14. The first-order chi connectivity index (χ1) is 9.63. The van der Waals surface area contributed by atoms with Crippen LogP contribution in [0.2, 0.25) is 0 Å². The van der Waals surface area contributed by atoms with Crippen LogP contribution in [-0.4, -0.2) is 16.0 Å². The first kappa shape index (κ1) is 14.0. The predicted octanol–water partition coefficient (Wildman–Crippen LogP) is 2.81. The summed E-state index contributed by atoms with van der Waals surface area (Å²) in [7, 11) is 0. The molecule has 6 nitrogen and oxygen atoms in total. The molecule has 0 aromatic carbocycles. The van der Waals surface area contributed by atoms with Crippen LogP contribution in [0, 0.1) is 0 Å². The van der Waals surface area contributed by atoms with Gasteiger partial charge in [-0.15, -0.1) is 0 Å². The van der Waals surface area contributed by atoms with Crippen molar-refractivity contribution in [3.63, 3.8) is 0 Å². The summed E-state index contributed by atoms with van der Waals surface area (Å²) in [4.78, 5) is 15.9. The third-order valence-electron chi connectivity index (χ3n) is 3.20. The highest BCUT2D eigenvalue weighted by Gasteiger charge is 2.17. The lowest BCUT2D eigenvalue weighted by Crippen LogP contribution is -2.11. The van der Waals surface area contributed by atoms with Gasteiger partial charge in [0, 0.05) is 12.0 Å². The van der Waals surface area contributed by atoms with Gasteiger partial charge in [0.1, 0.15) is 5.82 Å². The van der Waals surface area contributed by atoms with Crippen LogP contribution in [0.1, 0.15) is 48.9 Å². The second-order valence-electron chi connectivity index (χ2n) is 4.56. The van der Waals surface area contributed by atoms with Crippen LogP contribution in [0.25, 0.3) is 0 Å². The van der Waals surface area contributed by atoms with E-state index >= 15 is 0 Å². The van der Waals surface area contributed by atoms with Crippen molar-refractivity contribution in [3.05, 3.63) is 35.9 Å². The normalized spacial score (nSPS) is 10.8. The molecule has 0 aliphatic rings. The number of carbonyl (C=O) groups is 1. The van der Waals surface area contributed by atoms with Crippen molar-refractivity contribution in [2.24, 2.45) is 0 Å². The molecule has 0 radical (unpaired) electrons. The molecule has 106 valence electrons. The van der Waals surface area contributed by atoms with E-state index in [2.05, 4.69) is 29.3 Å². The van der Waals surface area contributed by atoms with E-state index in [1.807, 2.05) is 0 Å². The molecule has 6 heteroatoms. The van der Waals surface area contributed by atoms with E-state index in [1.54, 1.807) is 18.2 Å². The summed E-state index contributed by atoms with van der Waals surface area (Å²) in [6.45, 7) is 4.17. The molecule has 0 saturated heterocycles. The Morgan fingerprint density at radius 1 is 1.40 bits per heavy atom. The molecular formula is C14H18N4O2. The molecule has 0 atom stereocenters. The number of hydrogen-bond donors (Lipinski definition) is 2. The molecule has 0 aliphatic heterocycles. The standard InChI is InChI=1S/C14H18N4O2/c1-3-9(4-2)11-7-12(20-18-11)14(19)17-10-5-6-13(15)16-8-10/h5-9H,3-4H2,1-2H3,(H2,15,16)(H,17,19). The monoisotopic (exact) mass is 274 g/mol. The Hall–Kier alpha value is -2.37. The predicted molar refractivity (Wildman–Crippen MR) is 76.4 cm³/mol. The first-order valence-corrected chi connectivity index (χ1v) is 6.63. The van der Waals surface area contributed by atoms with E-state index in [4.69, 9.17) is 10.3 Å². The molecule has 3 N–H and O–H groups in total. The zero-order chi connectivity index (χ0) is 14.5. The maximum atomic E-state index is 12.0. The van der Waals surface area contributed by atoms with Crippen LogP contribution in [0.5, 0.6) is 0 Å². The van der Waals surface area contributed by atoms with Gasteiger partial charge < -0.3 is 15.6 Å². The number of pyridine rings is 1. The zero-order valence-corrected chi connectivity index (χ0v) is 11.6. The molecular weight excluding hydrogens is 256 g/mol. The third-order valence-corrected chi connectivity index (χ3v) is 3.20. The van der Waals surface area contributed by atoms with E-state index < -0.39 is 0 Å². The second kappa shape index (κ2) is 6.18. The smallest absolute Gasteiger partial charge is 0.294 e. The SMILES string of the molecule is CCC(CC)c1cc(C(=O)Nc2ccc(N)nc2)on1. The highest BCUT2D eigenvalue weighted by Crippen LogP contribution is 2.22. The number of aromatic nitrogens is 2. The van der Waals surface area contributed by atoms with Gasteiger partial charge in [0.25, 0.3) is 5.91 Å². The van der Waals surface area contributed by atoms with Crippen LogP contribution in [0.4, 0.5) is 11.5 Å². The summed E-state index contributed by atoms with van der Waals surface area (Å²) in [5.41, 5.74) is 6.86. The van der Waals surface area contributed by atoms with E-state index in [1.165, 1.54) is 6.20 Å². The molecule has 2 heterocycles. The van der Waals surface area contributed by atoms with Crippen LogP contribution < -0.4 is 11.1 Å². The Morgan fingerprint density at radius 3 is 2.75 bits per heavy atom. The van der Waals surface area contributed by atoms with Gasteiger partial charge >= 0.3 is 0 Å². The Labute approximate surface area is 117 Å². The lowest BCUT2D eigenvalue weighted by atomic mass is 9.99. The molecule has 0 spiro atoms. The molecule has 0 aliphatic carbocycles. The summed E-state index contributed by atoms with van der Waals surface area (Å²) in [6, 6.07) is 4.99. The Morgan fingerprint density at radius 2 is 2.15 bits per heavy atom. The minimum Gasteiger partial charge on any atom is -0.384 e. The van der Waals surface area contributed by atoms with Gasteiger partial charge in [0.2, 0.25) is 5.76 Å². The van der Waals surface area contributed by atoms with Crippen LogP contribution in [-0.2, 0) is 0 Å². The van der Waals surface area contributed by atoms with Crippen LogP contribution >= 0.6 is 0 Å². The molecule has 0 fully saturated rings. The topological polar surface area (TPSA) is 94.0 Å². The van der Waals surface area contributed by atoms with Crippen molar-refractivity contribution in [1.82, 2.24) is 10.1 Å². The fourth-order valence-corrected chi connectivity index (χ4v) is 1.97. The summed E-state index contributed by atoms with van der Waals surface area (Å²) < 4.78 is 5.10. The van der Waals surface area contributed by atoms with Gasteiger partial charge in [-0.05, 0) is 25.0 Å². The molecule has 0 saturated carbocycles. The Kier molecular flexibility index (Phi) is 4.34. The van der Waals surface area contributed by atoms with Gasteiger partial charge in [-0.25, -0.2) is 4.98 Å². The number of rotatable bonds is 5. The lowest BCUT2D eigenvalue weighted by molar-refractivity contribution is 0.0987. The summed E-state index contributed by atoms with van der Waals surface area (Å²) >= 11 is 0. The number of amides is 1. The molecule has 20 heavy (non-hydrogen) atoms. The van der Waals surface area contributed by atoms with Crippen molar-refractivity contribution in [3.8, 4) is 0 Å². The highest BCUT2D eigenvalue weighted by atomic mass is 16.5. The van der Waals surface area contributed by atoms with Gasteiger partial charge in [0.15, 0.2) is 0 Å². The number of nitrogens with zero attached hydrogens (tertiary/aromatic N) is 2. The fourth-order valence-electron chi connectivity index (χ4n) is 1.97. The first-order valence-electron chi connectivity index (χ1n) is 6.63. The van der Waals surface area contributed by atoms with Gasteiger partial charge in [-0.1, -0.05) is 19.0 Å². The molecule has 0 bridgehead atoms. The number of nitrogen functional groups attached to an aromatic ring is 1. The highest BCUT2D eigenvalue weighted by molar-refractivity contribution is 6.02. The van der Waals surface area contributed by atoms with E-state index in [-0.39, 0.29) is 11.7 Å². The van der Waals surface area contributed by atoms with E-state index in [9.17, 15) is 4.79 Å². The fraction of sp³-hybridized carbons (Fsp3) is 0.357. The largest absolute Gasteiger partial charge is 0.384 e. The minimum absolute atomic E-state index is 0.198. The van der Waals surface area contributed by atoms with E-state index in [0.717, 1.165) is 18.5 Å². The van der Waals surface area contributed by atoms with E-state index in [0.29, 0.717) is 17.4 Å². The van der Waals surface area contributed by atoms with Crippen LogP contribution in [0.3, 0.4) is 0 Å². The number of carbonyl (C=O) groups excluding carboxylic acids is 1. The average molecular weight is 274 g/mol. The number of nitrogens with two attached hydrogens (primary N) is 1. The maximum Gasteiger partial charge on any atom is 0.294 e. The zero-order valence-electron chi connectivity index (χ0n) is 11.6. The van der Waals surface area contributed by atoms with Crippen molar-refractivity contribution in [2.45, 2.75) is 32.6 Å². The number of hydrogen-bond acceptors (Lipinski definition) is 5. The Bertz CT molecular complexity index is 573. The number of anilines is 2. The number of nitrogens with one attached hydrogen (secondary N) is 1. The Balaban J connectivity index is 2.08. The van der Waals surface area contributed by atoms with Gasteiger partial charge in [0.05, 0.1) is 17.6 Å². The van der Waals surface area contributed by atoms with Crippen molar-refractivity contribution in [1.29, 1.82) is 0 Å². The summed E-state index contributed by atoms with van der Waals surface area (Å²) in [5, 5.41) is 6.65. The van der Waals surface area contributed by atoms with Gasteiger partial charge in [-0.3, -0.25) is 4.79 Å². The molecule has 1 amide bonds. The molecule has 2 aromatic rings. The van der Waals surface area contributed by atoms with Gasteiger partial charge in [-0.2, -0.15) is 0 Å². The second-order valence-corrected chi connectivity index (χ2v) is 4.56. The van der Waals surface area contributed by atoms with Crippen molar-refractivity contribution in [2.75, 3.05) is 11.1 Å². The average Bonchev–Trinajstić information content (AvgIpc) is 2.92. The lowest BCUT2D eigenvalue weighted by Gasteiger charge is -2.05. The van der Waals surface area contributed by atoms with Crippen LogP contribution in [0.15, 0.2) is 28.9 Å². The molecule has 2 rings (SSSR count). The maximum absolute atomic E-state index is 12.0. The summed E-state index contributed by atoms with van der Waals surface area (Å²) in [6.07, 6.45) is 3.42. The molecule has 2 aromatic heterocycles.